The van der Waals surface area contributed by atoms with Crippen LogP contribution in [0.2, 0.25) is 0 Å². The van der Waals surface area contributed by atoms with Crippen molar-refractivity contribution in [2.24, 2.45) is 0 Å². The van der Waals surface area contributed by atoms with Crippen LogP contribution in [-0.2, 0) is 4.74 Å². The van der Waals surface area contributed by atoms with Gasteiger partial charge in [0.1, 0.15) is 5.82 Å². The Bertz CT molecular complexity index is 723. The third kappa shape index (κ3) is 5.01. The van der Waals surface area contributed by atoms with Crippen molar-refractivity contribution in [3.05, 3.63) is 58.3 Å². The molecule has 120 valence electrons. The van der Waals surface area contributed by atoms with E-state index in [1.807, 2.05) is 0 Å². The molecule has 0 heterocycles. The van der Waals surface area contributed by atoms with Crippen molar-refractivity contribution in [2.45, 2.75) is 6.92 Å². The summed E-state index contributed by atoms with van der Waals surface area (Å²) in [6.07, 6.45) is 0. The van der Waals surface area contributed by atoms with E-state index in [0.717, 1.165) is 0 Å². The third-order valence-electron chi connectivity index (χ3n) is 2.83. The van der Waals surface area contributed by atoms with Gasteiger partial charge in [-0.15, -0.1) is 0 Å². The zero-order valence-electron chi connectivity index (χ0n) is 12.2. The van der Waals surface area contributed by atoms with Crippen LogP contribution < -0.4 is 10.6 Å². The number of nitrogens with one attached hydrogen (secondary N) is 2. The average molecular weight is 397 g/mol. The lowest BCUT2D eigenvalue weighted by Crippen LogP contribution is -2.19. The summed E-state index contributed by atoms with van der Waals surface area (Å²) in [5.74, 6) is -0.794. The average Bonchev–Trinajstić information content (AvgIpc) is 2.51. The molecule has 0 fully saturated rings. The summed E-state index contributed by atoms with van der Waals surface area (Å²) >= 11 is 8.34. The maximum absolute atomic E-state index is 13.7. The molecule has 0 aromatic heterocycles. The lowest BCUT2D eigenvalue weighted by Gasteiger charge is -2.11. The van der Waals surface area contributed by atoms with Gasteiger partial charge in [0.05, 0.1) is 17.9 Å². The molecule has 0 atom stereocenters. The van der Waals surface area contributed by atoms with Crippen molar-refractivity contribution in [2.75, 3.05) is 17.2 Å². The summed E-state index contributed by atoms with van der Waals surface area (Å²) in [4.78, 5) is 11.6. The molecule has 2 N–H and O–H groups in total. The Morgan fingerprint density at radius 3 is 2.52 bits per heavy atom. The Morgan fingerprint density at radius 2 is 1.91 bits per heavy atom. The van der Waals surface area contributed by atoms with E-state index in [9.17, 15) is 9.18 Å². The SMILES string of the molecule is CCOC(=O)c1ccc(NC(=S)Nc2ccc(Br)cc2F)cc1. The molecule has 0 aliphatic heterocycles. The van der Waals surface area contributed by atoms with E-state index in [1.54, 1.807) is 43.3 Å². The fourth-order valence-corrected chi connectivity index (χ4v) is 2.34. The number of hydrogen-bond donors (Lipinski definition) is 2. The van der Waals surface area contributed by atoms with Crippen LogP contribution in [0.25, 0.3) is 0 Å². The maximum atomic E-state index is 13.7. The van der Waals surface area contributed by atoms with E-state index in [0.29, 0.717) is 22.3 Å². The maximum Gasteiger partial charge on any atom is 0.338 e. The second-order valence-corrected chi connectivity index (χ2v) is 5.83. The highest BCUT2D eigenvalue weighted by Crippen LogP contribution is 2.19. The first-order chi connectivity index (χ1) is 11.0. The lowest BCUT2D eigenvalue weighted by molar-refractivity contribution is 0.0526. The van der Waals surface area contributed by atoms with E-state index in [4.69, 9.17) is 17.0 Å². The molecule has 0 saturated carbocycles. The van der Waals surface area contributed by atoms with Crippen LogP contribution in [-0.4, -0.2) is 17.7 Å². The van der Waals surface area contributed by atoms with Gasteiger partial charge in [0.25, 0.3) is 0 Å². The Labute approximate surface area is 147 Å². The standard InChI is InChI=1S/C16H14BrFN2O2S/c1-2-22-15(21)10-3-6-12(7-4-10)19-16(23)20-14-8-5-11(17)9-13(14)18/h3-9H,2H2,1H3,(H2,19,20,23). The van der Waals surface area contributed by atoms with Crippen molar-refractivity contribution in [3.8, 4) is 0 Å². The smallest absolute Gasteiger partial charge is 0.338 e. The number of hydrogen-bond acceptors (Lipinski definition) is 3. The Kier molecular flexibility index (Phi) is 6.06. The van der Waals surface area contributed by atoms with E-state index in [2.05, 4.69) is 26.6 Å². The number of halogens is 2. The number of carbonyl (C=O) groups is 1. The minimum absolute atomic E-state index is 0.245. The van der Waals surface area contributed by atoms with E-state index in [-0.39, 0.29) is 16.8 Å². The lowest BCUT2D eigenvalue weighted by atomic mass is 10.2. The van der Waals surface area contributed by atoms with Crippen molar-refractivity contribution in [3.63, 3.8) is 0 Å². The summed E-state index contributed by atoms with van der Waals surface area (Å²) in [5.41, 5.74) is 1.40. The van der Waals surface area contributed by atoms with Gasteiger partial charge in [0.2, 0.25) is 0 Å². The molecule has 0 unspecified atom stereocenters. The van der Waals surface area contributed by atoms with Crippen LogP contribution in [0.5, 0.6) is 0 Å². The van der Waals surface area contributed by atoms with Gasteiger partial charge in [-0.3, -0.25) is 0 Å². The number of rotatable bonds is 4. The molecule has 7 heteroatoms. The van der Waals surface area contributed by atoms with Gasteiger partial charge in [-0.05, 0) is 61.6 Å². The molecular weight excluding hydrogens is 383 g/mol. The Balaban J connectivity index is 1.98. The monoisotopic (exact) mass is 396 g/mol. The van der Waals surface area contributed by atoms with E-state index >= 15 is 0 Å². The quantitative estimate of drug-likeness (QED) is 0.585. The molecule has 0 spiro atoms. The number of ether oxygens (including phenoxy) is 1. The zero-order valence-corrected chi connectivity index (χ0v) is 14.6. The molecule has 4 nitrogen and oxygen atoms in total. The van der Waals surface area contributed by atoms with Crippen LogP contribution in [0, 0.1) is 5.82 Å². The van der Waals surface area contributed by atoms with Crippen LogP contribution >= 0.6 is 28.1 Å². The van der Waals surface area contributed by atoms with Crippen molar-refractivity contribution in [1.29, 1.82) is 0 Å². The van der Waals surface area contributed by atoms with E-state index in [1.165, 1.54) is 6.07 Å². The zero-order chi connectivity index (χ0) is 16.8. The predicted octanol–water partition coefficient (Wildman–Crippen LogP) is 4.57. The molecular formula is C16H14BrFN2O2S. The van der Waals surface area contributed by atoms with Gasteiger partial charge in [0, 0.05) is 10.2 Å². The Morgan fingerprint density at radius 1 is 1.22 bits per heavy atom. The van der Waals surface area contributed by atoms with Crippen molar-refractivity contribution < 1.29 is 13.9 Å². The van der Waals surface area contributed by atoms with Crippen molar-refractivity contribution >= 4 is 50.6 Å². The molecule has 2 aromatic rings. The molecule has 23 heavy (non-hydrogen) atoms. The first-order valence-electron chi connectivity index (χ1n) is 6.80. The van der Waals surface area contributed by atoms with Gasteiger partial charge < -0.3 is 15.4 Å². The molecule has 0 aliphatic carbocycles. The largest absolute Gasteiger partial charge is 0.462 e. The summed E-state index contributed by atoms with van der Waals surface area (Å²) in [6.45, 7) is 2.07. The summed E-state index contributed by atoms with van der Waals surface area (Å²) in [7, 11) is 0. The van der Waals surface area contributed by atoms with Gasteiger partial charge >= 0.3 is 5.97 Å². The summed E-state index contributed by atoms with van der Waals surface area (Å²) < 4.78 is 19.3. The highest BCUT2D eigenvalue weighted by molar-refractivity contribution is 9.10. The molecule has 0 radical (unpaired) electrons. The molecule has 0 amide bonds. The third-order valence-corrected chi connectivity index (χ3v) is 3.53. The van der Waals surface area contributed by atoms with Gasteiger partial charge in [-0.25, -0.2) is 9.18 Å². The van der Waals surface area contributed by atoms with Gasteiger partial charge in [0.15, 0.2) is 5.11 Å². The number of benzene rings is 2. The van der Waals surface area contributed by atoms with Crippen LogP contribution in [0.3, 0.4) is 0 Å². The first kappa shape index (κ1) is 17.4. The van der Waals surface area contributed by atoms with Crippen LogP contribution in [0.15, 0.2) is 46.9 Å². The number of esters is 1. The highest BCUT2D eigenvalue weighted by atomic mass is 79.9. The minimum Gasteiger partial charge on any atom is -0.462 e. The summed E-state index contributed by atoms with van der Waals surface area (Å²) in [5, 5.41) is 5.94. The Hall–Kier alpha value is -1.99. The minimum atomic E-state index is -0.416. The second-order valence-electron chi connectivity index (χ2n) is 4.50. The van der Waals surface area contributed by atoms with Crippen molar-refractivity contribution in [1.82, 2.24) is 0 Å². The van der Waals surface area contributed by atoms with Crippen LogP contribution in [0.4, 0.5) is 15.8 Å². The number of carbonyl (C=O) groups excluding carboxylic acids is 1. The predicted molar refractivity (Wildman–Crippen MR) is 96.3 cm³/mol. The fourth-order valence-electron chi connectivity index (χ4n) is 1.78. The molecule has 0 saturated heterocycles. The molecule has 2 rings (SSSR count). The fraction of sp³-hybridized carbons (Fsp3) is 0.125. The van der Waals surface area contributed by atoms with E-state index < -0.39 is 5.82 Å². The second kappa shape index (κ2) is 8.03. The molecule has 0 bridgehead atoms. The van der Waals surface area contributed by atoms with Crippen LogP contribution in [0.1, 0.15) is 17.3 Å². The summed E-state index contributed by atoms with van der Waals surface area (Å²) in [6, 6.07) is 11.3. The topological polar surface area (TPSA) is 50.4 Å². The normalized spacial score (nSPS) is 10.0. The number of thiocarbonyl (C=S) groups is 1. The molecule has 0 aliphatic rings. The van der Waals surface area contributed by atoms with Gasteiger partial charge in [-0.2, -0.15) is 0 Å². The highest BCUT2D eigenvalue weighted by Gasteiger charge is 2.07. The first-order valence-corrected chi connectivity index (χ1v) is 8.00. The van der Waals surface area contributed by atoms with Gasteiger partial charge in [-0.1, -0.05) is 15.9 Å². The number of anilines is 2. The molecule has 2 aromatic carbocycles.